The van der Waals surface area contributed by atoms with E-state index >= 15 is 0 Å². The van der Waals surface area contributed by atoms with Crippen LogP contribution in [0.1, 0.15) is 25.8 Å². The Hall–Kier alpha value is -1.56. The molecule has 15 heavy (non-hydrogen) atoms. The molecule has 3 heteroatoms. The molecule has 0 bridgehead atoms. The molecule has 0 aromatic heterocycles. The number of nitriles is 1. The number of nitrogens with zero attached hydrogens (tertiary/aromatic N) is 1. The van der Waals surface area contributed by atoms with Crippen LogP contribution in [0.15, 0.2) is 18.2 Å². The van der Waals surface area contributed by atoms with Crippen LogP contribution in [0.5, 0.6) is 0 Å². The average molecular weight is 204 g/mol. The third-order valence-corrected chi connectivity index (χ3v) is 2.95. The summed E-state index contributed by atoms with van der Waals surface area (Å²) in [6.07, 6.45) is 1.09. The molecular weight excluding hydrogens is 191 g/mol. The summed E-state index contributed by atoms with van der Waals surface area (Å²) in [6.45, 7) is 4.33. The number of rotatable bonds is 2. The van der Waals surface area contributed by atoms with Crippen LogP contribution < -0.4 is 5.32 Å². The molecule has 2 rings (SSSR count). The number of anilines is 1. The topological polar surface area (TPSA) is 35.8 Å². The number of benzene rings is 1. The maximum atomic E-state index is 12.9. The highest BCUT2D eigenvalue weighted by Crippen LogP contribution is 2.46. The van der Waals surface area contributed by atoms with E-state index in [1.165, 1.54) is 12.1 Å². The van der Waals surface area contributed by atoms with Gasteiger partial charge in [-0.15, -0.1) is 0 Å². The number of nitrogens with one attached hydrogen (secondary N) is 1. The Morgan fingerprint density at radius 1 is 1.53 bits per heavy atom. The molecule has 0 heterocycles. The van der Waals surface area contributed by atoms with Gasteiger partial charge in [0.2, 0.25) is 0 Å². The molecule has 0 spiro atoms. The highest BCUT2D eigenvalue weighted by molar-refractivity contribution is 5.58. The number of hydrogen-bond acceptors (Lipinski definition) is 2. The molecule has 1 saturated carbocycles. The normalized spacial score (nSPS) is 21.9. The standard InChI is InChI=1S/C12H13FN2/c1-12(2)6-11(12)15-10-4-3-9(13)5-8(10)7-14/h3-5,11,15H,6H2,1-2H3. The molecular formula is C12H13FN2. The minimum absolute atomic E-state index is 0.293. The van der Waals surface area contributed by atoms with Gasteiger partial charge in [-0.3, -0.25) is 0 Å². The van der Waals surface area contributed by atoms with Crippen molar-refractivity contribution in [3.8, 4) is 6.07 Å². The van der Waals surface area contributed by atoms with Gasteiger partial charge in [-0.2, -0.15) is 5.26 Å². The molecule has 1 N–H and O–H groups in total. The fraction of sp³-hybridized carbons (Fsp3) is 0.417. The molecule has 1 aromatic rings. The summed E-state index contributed by atoms with van der Waals surface area (Å²) in [7, 11) is 0. The highest BCUT2D eigenvalue weighted by Gasteiger charge is 2.45. The zero-order chi connectivity index (χ0) is 11.1. The van der Waals surface area contributed by atoms with Crippen LogP contribution >= 0.6 is 0 Å². The molecule has 1 aliphatic carbocycles. The van der Waals surface area contributed by atoms with Gasteiger partial charge in [-0.05, 0) is 30.0 Å². The monoisotopic (exact) mass is 204 g/mol. The Morgan fingerprint density at radius 2 is 2.20 bits per heavy atom. The molecule has 0 saturated heterocycles. The summed E-state index contributed by atoms with van der Waals surface area (Å²) in [6, 6.07) is 6.66. The molecule has 1 aliphatic rings. The molecule has 1 unspecified atom stereocenters. The molecule has 1 aromatic carbocycles. The van der Waals surface area contributed by atoms with E-state index in [4.69, 9.17) is 5.26 Å². The summed E-state index contributed by atoms with van der Waals surface area (Å²) < 4.78 is 12.9. The lowest BCUT2D eigenvalue weighted by Gasteiger charge is -2.09. The summed E-state index contributed by atoms with van der Waals surface area (Å²) in [5, 5.41) is 12.1. The van der Waals surface area contributed by atoms with E-state index in [0.29, 0.717) is 17.0 Å². The van der Waals surface area contributed by atoms with Crippen LogP contribution in [0.3, 0.4) is 0 Å². The summed E-state index contributed by atoms with van der Waals surface area (Å²) in [5.74, 6) is -0.368. The Labute approximate surface area is 88.7 Å². The first-order valence-corrected chi connectivity index (χ1v) is 4.99. The van der Waals surface area contributed by atoms with Crippen molar-refractivity contribution in [3.63, 3.8) is 0 Å². The second kappa shape index (κ2) is 3.23. The lowest BCUT2D eigenvalue weighted by molar-refractivity contribution is 0.625. The molecule has 0 radical (unpaired) electrons. The van der Waals surface area contributed by atoms with E-state index in [1.807, 2.05) is 6.07 Å². The molecule has 2 nitrogen and oxygen atoms in total. The molecule has 78 valence electrons. The summed E-state index contributed by atoms with van der Waals surface area (Å²) in [4.78, 5) is 0. The zero-order valence-corrected chi connectivity index (χ0v) is 8.84. The lowest BCUT2D eigenvalue weighted by Crippen LogP contribution is -2.09. The van der Waals surface area contributed by atoms with Crippen molar-refractivity contribution in [2.45, 2.75) is 26.3 Å². The molecule has 0 amide bonds. The van der Waals surface area contributed by atoms with E-state index in [0.717, 1.165) is 12.1 Å². The number of hydrogen-bond donors (Lipinski definition) is 1. The van der Waals surface area contributed by atoms with Crippen LogP contribution in [0, 0.1) is 22.6 Å². The van der Waals surface area contributed by atoms with Gasteiger partial charge in [-0.25, -0.2) is 4.39 Å². The summed E-state index contributed by atoms with van der Waals surface area (Å²) >= 11 is 0. The third-order valence-electron chi connectivity index (χ3n) is 2.95. The molecule has 1 atom stereocenters. The van der Waals surface area contributed by atoms with Crippen molar-refractivity contribution in [3.05, 3.63) is 29.6 Å². The first-order chi connectivity index (χ1) is 7.03. The van der Waals surface area contributed by atoms with E-state index in [1.54, 1.807) is 6.07 Å². The van der Waals surface area contributed by atoms with Crippen LogP contribution in [0.4, 0.5) is 10.1 Å². The quantitative estimate of drug-likeness (QED) is 0.804. The van der Waals surface area contributed by atoms with Gasteiger partial charge in [0.1, 0.15) is 11.9 Å². The predicted molar refractivity (Wildman–Crippen MR) is 56.9 cm³/mol. The van der Waals surface area contributed by atoms with Crippen LogP contribution in [-0.2, 0) is 0 Å². The second-order valence-corrected chi connectivity index (χ2v) is 4.69. The van der Waals surface area contributed by atoms with Crippen molar-refractivity contribution in [2.75, 3.05) is 5.32 Å². The average Bonchev–Trinajstić information content (AvgIpc) is 2.77. The smallest absolute Gasteiger partial charge is 0.124 e. The largest absolute Gasteiger partial charge is 0.381 e. The minimum atomic E-state index is -0.368. The predicted octanol–water partition coefficient (Wildman–Crippen LogP) is 2.91. The Kier molecular flexibility index (Phi) is 2.15. The van der Waals surface area contributed by atoms with E-state index in [9.17, 15) is 4.39 Å². The van der Waals surface area contributed by atoms with Gasteiger partial charge in [0, 0.05) is 6.04 Å². The van der Waals surface area contributed by atoms with Crippen LogP contribution in [0.25, 0.3) is 0 Å². The minimum Gasteiger partial charge on any atom is -0.381 e. The van der Waals surface area contributed by atoms with Crippen molar-refractivity contribution in [1.29, 1.82) is 5.26 Å². The van der Waals surface area contributed by atoms with Crippen LogP contribution in [0.2, 0.25) is 0 Å². The fourth-order valence-electron chi connectivity index (χ4n) is 1.64. The fourth-order valence-corrected chi connectivity index (χ4v) is 1.64. The van der Waals surface area contributed by atoms with E-state index < -0.39 is 0 Å². The van der Waals surface area contributed by atoms with Crippen LogP contribution in [-0.4, -0.2) is 6.04 Å². The Balaban J connectivity index is 2.19. The first-order valence-electron chi connectivity index (χ1n) is 4.99. The maximum Gasteiger partial charge on any atom is 0.124 e. The van der Waals surface area contributed by atoms with Gasteiger partial charge >= 0.3 is 0 Å². The second-order valence-electron chi connectivity index (χ2n) is 4.69. The highest BCUT2D eigenvalue weighted by atomic mass is 19.1. The molecule has 0 aliphatic heterocycles. The van der Waals surface area contributed by atoms with Crippen molar-refractivity contribution >= 4 is 5.69 Å². The van der Waals surface area contributed by atoms with Gasteiger partial charge in [-0.1, -0.05) is 13.8 Å². The first kappa shape index (κ1) is 9.97. The van der Waals surface area contributed by atoms with Gasteiger partial charge in [0.15, 0.2) is 0 Å². The van der Waals surface area contributed by atoms with Gasteiger partial charge < -0.3 is 5.32 Å². The Bertz CT molecular complexity index is 432. The Morgan fingerprint density at radius 3 is 2.73 bits per heavy atom. The van der Waals surface area contributed by atoms with Crippen molar-refractivity contribution in [1.82, 2.24) is 0 Å². The zero-order valence-electron chi connectivity index (χ0n) is 8.84. The lowest BCUT2D eigenvalue weighted by atomic mass is 10.1. The third kappa shape index (κ3) is 1.94. The van der Waals surface area contributed by atoms with E-state index in [2.05, 4.69) is 19.2 Å². The van der Waals surface area contributed by atoms with Gasteiger partial charge in [0.05, 0.1) is 11.3 Å². The number of halogens is 1. The van der Waals surface area contributed by atoms with Gasteiger partial charge in [0.25, 0.3) is 0 Å². The van der Waals surface area contributed by atoms with Crippen molar-refractivity contribution < 1.29 is 4.39 Å². The van der Waals surface area contributed by atoms with E-state index in [-0.39, 0.29) is 5.82 Å². The summed E-state index contributed by atoms with van der Waals surface area (Å²) in [5.41, 5.74) is 1.40. The maximum absolute atomic E-state index is 12.9. The van der Waals surface area contributed by atoms with Crippen molar-refractivity contribution in [2.24, 2.45) is 5.41 Å². The SMILES string of the molecule is CC1(C)CC1Nc1ccc(F)cc1C#N. The molecule has 1 fully saturated rings.